The third-order valence-corrected chi connectivity index (χ3v) is 13.3. The van der Waals surface area contributed by atoms with E-state index in [1.54, 1.807) is 0 Å². The quantitative estimate of drug-likeness (QED) is 0.404. The van der Waals surface area contributed by atoms with Crippen LogP contribution in [0.3, 0.4) is 0 Å². The lowest BCUT2D eigenvalue weighted by atomic mass is 9.33. The minimum absolute atomic E-state index is 0.0644. The molecular formula is C32H48O5. The molecule has 0 bridgehead atoms. The second-order valence-electron chi connectivity index (χ2n) is 15.5. The number of carboxylic acid groups (broad SMARTS) is 1. The SMILES string of the molecule is CC(=O)OC1CCC2(C)C(CCC3(C)C2C(=O)C=C2C4CC(C)(C(=O)O)CCC4(C)CCC23C)C1(C)C. The monoisotopic (exact) mass is 512 g/mol. The van der Waals surface area contributed by atoms with E-state index in [1.807, 2.05) is 13.0 Å². The molecular weight excluding hydrogens is 464 g/mol. The number of aliphatic carboxylic acids is 1. The molecule has 1 N–H and O–H groups in total. The predicted molar refractivity (Wildman–Crippen MR) is 143 cm³/mol. The first-order valence-electron chi connectivity index (χ1n) is 14.6. The summed E-state index contributed by atoms with van der Waals surface area (Å²) in [4.78, 5) is 38.5. The van der Waals surface area contributed by atoms with Crippen LogP contribution in [0.4, 0.5) is 0 Å². The third-order valence-electron chi connectivity index (χ3n) is 13.3. The maximum Gasteiger partial charge on any atom is 0.309 e. The average molecular weight is 513 g/mol. The number of esters is 1. The summed E-state index contributed by atoms with van der Waals surface area (Å²) in [7, 11) is 0. The number of fused-ring (bicyclic) bond motifs is 7. The van der Waals surface area contributed by atoms with Crippen molar-refractivity contribution in [3.8, 4) is 0 Å². The van der Waals surface area contributed by atoms with Crippen LogP contribution >= 0.6 is 0 Å². The number of ketones is 1. The van der Waals surface area contributed by atoms with Crippen LogP contribution in [0, 0.1) is 50.2 Å². The zero-order chi connectivity index (χ0) is 27.4. The lowest BCUT2D eigenvalue weighted by Gasteiger charge is -2.70. The van der Waals surface area contributed by atoms with E-state index < -0.39 is 11.4 Å². The highest BCUT2D eigenvalue weighted by Gasteiger charge is 2.70. The number of carbonyl (C=O) groups excluding carboxylic acids is 2. The van der Waals surface area contributed by atoms with Crippen LogP contribution in [0.15, 0.2) is 11.6 Å². The normalized spacial score (nSPS) is 50.5. The van der Waals surface area contributed by atoms with Gasteiger partial charge in [0.25, 0.3) is 0 Å². The van der Waals surface area contributed by atoms with Crippen LogP contribution in [0.5, 0.6) is 0 Å². The fourth-order valence-electron chi connectivity index (χ4n) is 10.8. The molecule has 0 aliphatic heterocycles. The van der Waals surface area contributed by atoms with E-state index in [-0.39, 0.29) is 56.8 Å². The molecule has 4 saturated carbocycles. The Kier molecular flexibility index (Phi) is 5.78. The van der Waals surface area contributed by atoms with E-state index in [9.17, 15) is 19.5 Å². The fourth-order valence-corrected chi connectivity index (χ4v) is 10.8. The van der Waals surface area contributed by atoms with Crippen LogP contribution in [-0.2, 0) is 19.1 Å². The smallest absolute Gasteiger partial charge is 0.309 e. The summed E-state index contributed by atoms with van der Waals surface area (Å²) < 4.78 is 5.82. The van der Waals surface area contributed by atoms with Crippen molar-refractivity contribution in [2.75, 3.05) is 0 Å². The maximum atomic E-state index is 14.4. The molecule has 0 amide bonds. The van der Waals surface area contributed by atoms with E-state index >= 15 is 0 Å². The summed E-state index contributed by atoms with van der Waals surface area (Å²) >= 11 is 0. The van der Waals surface area contributed by atoms with Gasteiger partial charge in [-0.3, -0.25) is 14.4 Å². The van der Waals surface area contributed by atoms with Crippen LogP contribution in [0.2, 0.25) is 0 Å². The van der Waals surface area contributed by atoms with Gasteiger partial charge in [0.15, 0.2) is 5.78 Å². The van der Waals surface area contributed by atoms with Gasteiger partial charge in [0.1, 0.15) is 6.10 Å². The number of carboxylic acids is 1. The van der Waals surface area contributed by atoms with Gasteiger partial charge in [-0.15, -0.1) is 0 Å². The van der Waals surface area contributed by atoms with Gasteiger partial charge in [-0.25, -0.2) is 0 Å². The molecule has 0 aromatic heterocycles. The maximum absolute atomic E-state index is 14.4. The van der Waals surface area contributed by atoms with Crippen molar-refractivity contribution in [3.63, 3.8) is 0 Å². The molecule has 0 radical (unpaired) electrons. The van der Waals surface area contributed by atoms with E-state index in [0.29, 0.717) is 18.8 Å². The van der Waals surface area contributed by atoms with Gasteiger partial charge in [0.2, 0.25) is 0 Å². The first-order chi connectivity index (χ1) is 16.9. The Morgan fingerprint density at radius 2 is 1.57 bits per heavy atom. The number of carbonyl (C=O) groups is 3. The molecule has 0 saturated heterocycles. The molecule has 9 atom stereocenters. The van der Waals surface area contributed by atoms with Crippen LogP contribution in [-0.4, -0.2) is 28.9 Å². The molecule has 0 aromatic carbocycles. The lowest BCUT2D eigenvalue weighted by molar-refractivity contribution is -0.210. The Labute approximate surface area is 223 Å². The zero-order valence-electron chi connectivity index (χ0n) is 24.3. The summed E-state index contributed by atoms with van der Waals surface area (Å²) in [5, 5.41) is 10.1. The van der Waals surface area contributed by atoms with Crippen molar-refractivity contribution in [1.82, 2.24) is 0 Å². The highest BCUT2D eigenvalue weighted by atomic mass is 16.5. The van der Waals surface area contributed by atoms with Crippen molar-refractivity contribution in [2.24, 2.45) is 50.2 Å². The number of rotatable bonds is 2. The van der Waals surface area contributed by atoms with Gasteiger partial charge < -0.3 is 9.84 Å². The van der Waals surface area contributed by atoms with Gasteiger partial charge in [0.05, 0.1) is 5.41 Å². The summed E-state index contributed by atoms with van der Waals surface area (Å²) in [6, 6.07) is 0. The Bertz CT molecular complexity index is 1070. The molecule has 5 heteroatoms. The van der Waals surface area contributed by atoms with Crippen LogP contribution < -0.4 is 0 Å². The second kappa shape index (κ2) is 7.94. The molecule has 5 aliphatic rings. The minimum atomic E-state index is -0.729. The van der Waals surface area contributed by atoms with Gasteiger partial charge >= 0.3 is 11.9 Å². The highest BCUT2D eigenvalue weighted by Crippen LogP contribution is 2.75. The van der Waals surface area contributed by atoms with Crippen molar-refractivity contribution in [1.29, 1.82) is 0 Å². The largest absolute Gasteiger partial charge is 0.481 e. The Morgan fingerprint density at radius 1 is 0.919 bits per heavy atom. The van der Waals surface area contributed by atoms with Crippen molar-refractivity contribution >= 4 is 17.7 Å². The van der Waals surface area contributed by atoms with E-state index in [4.69, 9.17) is 4.74 Å². The standard InChI is InChI=1S/C32H48O5/c1-19(33)37-24-10-11-30(6)23(27(24,2)3)9-12-32(8)25(30)22(34)17-20-21-18-29(5,26(35)36)14-13-28(21,4)15-16-31(20,32)7/h17,21,23-25H,9-16,18H2,1-8H3,(H,35,36). The predicted octanol–water partition coefficient (Wildman–Crippen LogP) is 6.98. The summed E-state index contributed by atoms with van der Waals surface area (Å²) in [6.07, 6.45) is 10.0. The van der Waals surface area contributed by atoms with Crippen molar-refractivity contribution in [2.45, 2.75) is 119 Å². The molecule has 206 valence electrons. The molecule has 0 aromatic rings. The van der Waals surface area contributed by atoms with Gasteiger partial charge in [-0.1, -0.05) is 47.1 Å². The molecule has 5 aliphatic carbocycles. The first-order valence-corrected chi connectivity index (χ1v) is 14.6. The Morgan fingerprint density at radius 3 is 2.19 bits per heavy atom. The highest BCUT2D eigenvalue weighted by molar-refractivity contribution is 5.95. The first kappa shape index (κ1) is 26.9. The summed E-state index contributed by atoms with van der Waals surface area (Å²) in [6.45, 7) is 17.4. The summed E-state index contributed by atoms with van der Waals surface area (Å²) in [5.41, 5.74) is -0.0327. The van der Waals surface area contributed by atoms with Crippen molar-refractivity contribution in [3.05, 3.63) is 11.6 Å². The Hall–Kier alpha value is -1.65. The lowest BCUT2D eigenvalue weighted by Crippen LogP contribution is -2.66. The van der Waals surface area contributed by atoms with Gasteiger partial charge in [-0.2, -0.15) is 0 Å². The molecule has 0 heterocycles. The van der Waals surface area contributed by atoms with E-state index in [0.717, 1.165) is 44.9 Å². The molecule has 4 fully saturated rings. The number of hydrogen-bond acceptors (Lipinski definition) is 4. The molecule has 37 heavy (non-hydrogen) atoms. The van der Waals surface area contributed by atoms with Gasteiger partial charge in [-0.05, 0) is 104 Å². The van der Waals surface area contributed by atoms with Crippen LogP contribution in [0.1, 0.15) is 113 Å². The fraction of sp³-hybridized carbons (Fsp3) is 0.844. The van der Waals surface area contributed by atoms with Crippen LogP contribution in [0.25, 0.3) is 0 Å². The number of hydrogen-bond donors (Lipinski definition) is 1. The van der Waals surface area contributed by atoms with E-state index in [2.05, 4.69) is 41.5 Å². The van der Waals surface area contributed by atoms with Crippen molar-refractivity contribution < 1.29 is 24.2 Å². The zero-order valence-corrected chi connectivity index (χ0v) is 24.3. The third kappa shape index (κ3) is 3.43. The topological polar surface area (TPSA) is 80.7 Å². The Balaban J connectivity index is 1.58. The second-order valence-corrected chi connectivity index (χ2v) is 15.5. The average Bonchev–Trinajstić information content (AvgIpc) is 2.78. The summed E-state index contributed by atoms with van der Waals surface area (Å²) in [5.74, 6) is -0.280. The molecule has 5 nitrogen and oxygen atoms in total. The minimum Gasteiger partial charge on any atom is -0.481 e. The molecule has 5 rings (SSSR count). The molecule has 9 unspecified atom stereocenters. The number of ether oxygens (including phenoxy) is 1. The number of allylic oxidation sites excluding steroid dienone is 2. The van der Waals surface area contributed by atoms with Gasteiger partial charge in [0, 0.05) is 18.3 Å². The van der Waals surface area contributed by atoms with E-state index in [1.165, 1.54) is 12.5 Å². The molecule has 0 spiro atoms.